The Bertz CT molecular complexity index is 598. The molecule has 10 nitrogen and oxygen atoms in total. The molecule has 0 aliphatic carbocycles. The molecule has 4 bridgehead atoms. The predicted molar refractivity (Wildman–Crippen MR) is 98.3 cm³/mol. The van der Waals surface area contributed by atoms with Gasteiger partial charge in [0, 0.05) is 11.5 Å². The van der Waals surface area contributed by atoms with Gasteiger partial charge >= 0.3 is 0 Å². The first-order chi connectivity index (χ1) is 13.4. The van der Waals surface area contributed by atoms with Gasteiger partial charge in [0.05, 0.1) is 78.3 Å². The molecular weight excluding hydrogens is 372 g/mol. The van der Waals surface area contributed by atoms with Gasteiger partial charge in [-0.2, -0.15) is 11.8 Å². The number of hydrogen-bond donors (Lipinski definition) is 0. The third-order valence-electron chi connectivity index (χ3n) is 3.72. The average molecular weight is 398 g/mol. The van der Waals surface area contributed by atoms with Gasteiger partial charge in [0.1, 0.15) is 11.4 Å². The third-order valence-corrected chi connectivity index (χ3v) is 4.63. The molecule has 0 spiro atoms. The van der Waals surface area contributed by atoms with E-state index in [9.17, 15) is 0 Å². The highest BCUT2D eigenvalue weighted by Crippen LogP contribution is 2.03. The Hall–Kier alpha value is -1.53. The van der Waals surface area contributed by atoms with Crippen LogP contribution in [0.15, 0.2) is 12.4 Å². The van der Waals surface area contributed by atoms with E-state index < -0.39 is 0 Å². The van der Waals surface area contributed by atoms with Crippen LogP contribution in [0.1, 0.15) is 11.4 Å². The lowest BCUT2D eigenvalue weighted by Gasteiger charge is -2.05. The number of nitrogens with zero attached hydrogens (tertiary/aromatic N) is 6. The minimum Gasteiger partial charge on any atom is -0.377 e. The van der Waals surface area contributed by atoms with Gasteiger partial charge in [-0.05, 0) is 0 Å². The van der Waals surface area contributed by atoms with Gasteiger partial charge in [0.25, 0.3) is 0 Å². The zero-order valence-electron chi connectivity index (χ0n) is 15.4. The highest BCUT2D eigenvalue weighted by molar-refractivity contribution is 7.99. The van der Waals surface area contributed by atoms with Crippen LogP contribution in [0.25, 0.3) is 0 Å². The first kappa shape index (κ1) is 20.2. The molecule has 0 saturated heterocycles. The van der Waals surface area contributed by atoms with Crippen molar-refractivity contribution in [3.8, 4) is 0 Å². The lowest BCUT2D eigenvalue weighted by atomic mass is 10.5. The second-order valence-electron chi connectivity index (χ2n) is 5.89. The molecule has 0 fully saturated rings. The summed E-state index contributed by atoms with van der Waals surface area (Å²) in [5.41, 5.74) is 1.66. The van der Waals surface area contributed by atoms with E-state index in [0.29, 0.717) is 65.9 Å². The van der Waals surface area contributed by atoms with Crippen molar-refractivity contribution in [2.75, 3.05) is 51.1 Å². The van der Waals surface area contributed by atoms with E-state index in [0.717, 1.165) is 22.9 Å². The van der Waals surface area contributed by atoms with Gasteiger partial charge in [0.2, 0.25) is 0 Å². The monoisotopic (exact) mass is 398 g/mol. The fraction of sp³-hybridized carbons (Fsp3) is 0.750. The summed E-state index contributed by atoms with van der Waals surface area (Å²) in [4.78, 5) is 0. The number of rotatable bonds is 0. The maximum Gasteiger partial charge on any atom is 0.108 e. The standard InChI is InChI=1S/C16H26N6O4S/c1-3-23-5-6-24-4-2-22-12-16(18-20-22)14-26-8-10-27-9-7-25-13-15-11-21(1)19-17-15/h11-12H,1-10,13-14H2. The summed E-state index contributed by atoms with van der Waals surface area (Å²) >= 11 is 1.80. The second-order valence-corrected chi connectivity index (χ2v) is 7.11. The molecule has 0 N–H and O–H groups in total. The Kier molecular flexibility index (Phi) is 9.01. The van der Waals surface area contributed by atoms with E-state index in [1.54, 1.807) is 21.1 Å². The van der Waals surface area contributed by atoms with E-state index in [1.165, 1.54) is 0 Å². The summed E-state index contributed by atoms with van der Waals surface area (Å²) in [6.07, 6.45) is 3.78. The summed E-state index contributed by atoms with van der Waals surface area (Å²) in [5.74, 6) is 1.84. The summed E-state index contributed by atoms with van der Waals surface area (Å²) in [5, 5.41) is 16.4. The smallest absolute Gasteiger partial charge is 0.108 e. The largest absolute Gasteiger partial charge is 0.377 e. The molecule has 1 aliphatic rings. The van der Waals surface area contributed by atoms with Crippen molar-refractivity contribution in [1.82, 2.24) is 30.0 Å². The number of hydrogen-bond acceptors (Lipinski definition) is 9. The normalized spacial score (nSPS) is 19.6. The highest BCUT2D eigenvalue weighted by atomic mass is 32.2. The Labute approximate surface area is 162 Å². The highest BCUT2D eigenvalue weighted by Gasteiger charge is 2.03. The van der Waals surface area contributed by atoms with Crippen LogP contribution in [0, 0.1) is 0 Å². The lowest BCUT2D eigenvalue weighted by molar-refractivity contribution is 0.0402. The maximum atomic E-state index is 5.63. The van der Waals surface area contributed by atoms with Crippen LogP contribution in [0.5, 0.6) is 0 Å². The molecule has 0 aromatic carbocycles. The van der Waals surface area contributed by atoms with Crippen LogP contribution >= 0.6 is 11.8 Å². The van der Waals surface area contributed by atoms with Crippen LogP contribution in [-0.2, 0) is 45.3 Å². The molecule has 0 amide bonds. The first-order valence-corrected chi connectivity index (χ1v) is 10.2. The van der Waals surface area contributed by atoms with Gasteiger partial charge in [-0.1, -0.05) is 10.4 Å². The van der Waals surface area contributed by atoms with Crippen molar-refractivity contribution in [3.63, 3.8) is 0 Å². The molecule has 2 aromatic heterocycles. The molecule has 0 unspecified atom stereocenters. The number of aromatic nitrogens is 6. The molecular formula is C16H26N6O4S. The van der Waals surface area contributed by atoms with Crippen molar-refractivity contribution >= 4 is 11.8 Å². The Morgan fingerprint density at radius 1 is 0.667 bits per heavy atom. The lowest BCUT2D eigenvalue weighted by Crippen LogP contribution is -2.13. The van der Waals surface area contributed by atoms with Gasteiger partial charge in [-0.3, -0.25) is 0 Å². The fourth-order valence-corrected chi connectivity index (χ4v) is 3.03. The molecule has 3 heterocycles. The third kappa shape index (κ3) is 7.93. The van der Waals surface area contributed by atoms with Crippen molar-refractivity contribution in [3.05, 3.63) is 23.8 Å². The fourth-order valence-electron chi connectivity index (χ4n) is 2.36. The summed E-state index contributed by atoms with van der Waals surface area (Å²) in [6, 6.07) is 0. The number of thioether (sulfide) groups is 1. The van der Waals surface area contributed by atoms with E-state index in [1.807, 2.05) is 12.4 Å². The molecule has 3 rings (SSSR count). The first-order valence-electron chi connectivity index (χ1n) is 9.07. The van der Waals surface area contributed by atoms with E-state index >= 15 is 0 Å². The Balaban J connectivity index is 1.42. The Morgan fingerprint density at radius 3 is 1.70 bits per heavy atom. The Morgan fingerprint density at radius 2 is 1.19 bits per heavy atom. The van der Waals surface area contributed by atoms with E-state index in [-0.39, 0.29) is 0 Å². The molecule has 150 valence electrons. The topological polar surface area (TPSA) is 98.3 Å². The van der Waals surface area contributed by atoms with Gasteiger partial charge in [-0.15, -0.1) is 10.2 Å². The molecule has 11 heteroatoms. The molecule has 0 radical (unpaired) electrons. The van der Waals surface area contributed by atoms with Crippen molar-refractivity contribution in [2.45, 2.75) is 26.3 Å². The minimum atomic E-state index is 0.474. The van der Waals surface area contributed by atoms with E-state index in [4.69, 9.17) is 18.9 Å². The van der Waals surface area contributed by atoms with E-state index in [2.05, 4.69) is 20.6 Å². The van der Waals surface area contributed by atoms with Gasteiger partial charge < -0.3 is 18.9 Å². The second kappa shape index (κ2) is 12.0. The average Bonchev–Trinajstić information content (AvgIpc) is 3.31. The number of fused-ring (bicyclic) bond motifs is 4. The van der Waals surface area contributed by atoms with Crippen LogP contribution < -0.4 is 0 Å². The zero-order chi connectivity index (χ0) is 18.6. The van der Waals surface area contributed by atoms with Crippen LogP contribution in [-0.4, -0.2) is 81.1 Å². The van der Waals surface area contributed by atoms with Gasteiger partial charge in [0.15, 0.2) is 0 Å². The SMILES string of the molecule is c1c2nnn1CCOCCOCCn1cc(nn1)COCCSCCOC2. The van der Waals surface area contributed by atoms with Crippen molar-refractivity contribution < 1.29 is 18.9 Å². The molecule has 27 heavy (non-hydrogen) atoms. The minimum absolute atomic E-state index is 0.474. The van der Waals surface area contributed by atoms with Crippen LogP contribution in [0.4, 0.5) is 0 Å². The maximum absolute atomic E-state index is 5.63. The van der Waals surface area contributed by atoms with Gasteiger partial charge in [-0.25, -0.2) is 9.36 Å². The van der Waals surface area contributed by atoms with Crippen molar-refractivity contribution in [1.29, 1.82) is 0 Å². The molecule has 0 atom stereocenters. The molecule has 0 saturated carbocycles. The summed E-state index contributed by atoms with van der Waals surface area (Å²) in [6.45, 7) is 5.83. The quantitative estimate of drug-likeness (QED) is 0.624. The zero-order valence-corrected chi connectivity index (χ0v) is 16.2. The summed E-state index contributed by atoms with van der Waals surface area (Å²) in [7, 11) is 0. The predicted octanol–water partition coefficient (Wildman–Crippen LogP) is 0.383. The van der Waals surface area contributed by atoms with Crippen LogP contribution in [0.2, 0.25) is 0 Å². The molecule has 2 aromatic rings. The number of ether oxygens (including phenoxy) is 4. The van der Waals surface area contributed by atoms with Crippen molar-refractivity contribution in [2.24, 2.45) is 0 Å². The summed E-state index contributed by atoms with van der Waals surface area (Å²) < 4.78 is 25.9. The van der Waals surface area contributed by atoms with Crippen LogP contribution in [0.3, 0.4) is 0 Å². The molecule has 1 aliphatic heterocycles.